The van der Waals surface area contributed by atoms with Crippen LogP contribution in [0.15, 0.2) is 12.7 Å². The number of nitrogen functional groups attached to an aromatic ring is 1. The summed E-state index contributed by atoms with van der Waals surface area (Å²) in [4.78, 5) is 36.2. The van der Waals surface area contributed by atoms with E-state index in [0.29, 0.717) is 17.7 Å². The van der Waals surface area contributed by atoms with Crippen molar-refractivity contribution in [3.63, 3.8) is 0 Å². The standard InChI is InChI=1S/C21H30N5O8P/c1-14(8-26-10-25-17-18(22)23-9-24-19(17)26)32-13-35(29,33-11-30-20(27)15-4-2-5-15)34-12-31-21(28)16-6-3-7-16/h9-10,14-16H,2-8,11-13H2,1H3,(H2,22,23,24)/t14-/m1/s1. The molecule has 1 atom stereocenters. The first-order chi connectivity index (χ1) is 16.8. The molecule has 2 aromatic heterocycles. The molecule has 2 aliphatic rings. The van der Waals surface area contributed by atoms with E-state index in [1.807, 2.05) is 0 Å². The van der Waals surface area contributed by atoms with Crippen molar-refractivity contribution in [1.29, 1.82) is 0 Å². The Kier molecular flexibility index (Phi) is 8.32. The monoisotopic (exact) mass is 511 g/mol. The average Bonchev–Trinajstić information content (AvgIpc) is 3.14. The fraction of sp³-hybridized carbons (Fsp3) is 0.667. The molecule has 2 fully saturated rings. The Hall–Kier alpha value is -2.60. The number of anilines is 1. The summed E-state index contributed by atoms with van der Waals surface area (Å²) in [6.45, 7) is 0.973. The van der Waals surface area contributed by atoms with Crippen LogP contribution in [0.1, 0.15) is 45.4 Å². The second-order valence-electron chi connectivity index (χ2n) is 8.72. The van der Waals surface area contributed by atoms with E-state index in [2.05, 4.69) is 15.0 Å². The third-order valence-corrected chi connectivity index (χ3v) is 7.64. The van der Waals surface area contributed by atoms with Gasteiger partial charge in [-0.1, -0.05) is 12.8 Å². The van der Waals surface area contributed by atoms with Gasteiger partial charge >= 0.3 is 19.5 Å². The summed E-state index contributed by atoms with van der Waals surface area (Å²) in [6, 6.07) is 0. The molecule has 2 saturated carbocycles. The van der Waals surface area contributed by atoms with Crippen LogP contribution < -0.4 is 5.73 Å². The van der Waals surface area contributed by atoms with E-state index in [4.69, 9.17) is 29.0 Å². The number of nitrogens with zero attached hydrogens (tertiary/aromatic N) is 4. The zero-order valence-electron chi connectivity index (χ0n) is 19.5. The van der Waals surface area contributed by atoms with Gasteiger partial charge in [0.25, 0.3) is 0 Å². The highest BCUT2D eigenvalue weighted by Crippen LogP contribution is 2.48. The molecule has 2 heterocycles. The number of carbonyl (C=O) groups excluding carboxylic acids is 2. The molecule has 35 heavy (non-hydrogen) atoms. The third-order valence-electron chi connectivity index (χ3n) is 6.18. The van der Waals surface area contributed by atoms with Crippen molar-refractivity contribution in [2.24, 2.45) is 11.8 Å². The van der Waals surface area contributed by atoms with Crippen LogP contribution in [0.5, 0.6) is 0 Å². The smallest absolute Gasteiger partial charge is 0.361 e. The number of hydrogen-bond acceptors (Lipinski definition) is 12. The molecule has 2 aliphatic carbocycles. The summed E-state index contributed by atoms with van der Waals surface area (Å²) < 4.78 is 41.4. The maximum atomic E-state index is 13.2. The van der Waals surface area contributed by atoms with Gasteiger partial charge in [0, 0.05) is 0 Å². The molecule has 192 valence electrons. The molecular formula is C21H30N5O8P. The number of aromatic nitrogens is 4. The summed E-state index contributed by atoms with van der Waals surface area (Å²) in [5.74, 6) is -0.840. The molecule has 0 aromatic carbocycles. The number of hydrogen-bond donors (Lipinski definition) is 1. The van der Waals surface area contributed by atoms with Crippen LogP contribution in [-0.2, 0) is 44.0 Å². The Morgan fingerprint density at radius 2 is 1.66 bits per heavy atom. The van der Waals surface area contributed by atoms with Gasteiger partial charge in [-0.05, 0) is 32.6 Å². The lowest BCUT2D eigenvalue weighted by molar-refractivity contribution is -0.160. The molecule has 2 aromatic rings. The molecule has 2 N–H and O–H groups in total. The van der Waals surface area contributed by atoms with Crippen LogP contribution in [0.2, 0.25) is 0 Å². The summed E-state index contributed by atoms with van der Waals surface area (Å²) >= 11 is 0. The van der Waals surface area contributed by atoms with E-state index in [0.717, 1.165) is 38.5 Å². The Morgan fingerprint density at radius 1 is 1.06 bits per heavy atom. The van der Waals surface area contributed by atoms with Gasteiger partial charge < -0.3 is 24.5 Å². The fourth-order valence-electron chi connectivity index (χ4n) is 3.55. The Bertz CT molecular complexity index is 1050. The zero-order valence-corrected chi connectivity index (χ0v) is 20.4. The molecule has 0 bridgehead atoms. The van der Waals surface area contributed by atoms with Crippen LogP contribution in [0.25, 0.3) is 11.2 Å². The van der Waals surface area contributed by atoms with E-state index in [-0.39, 0.29) is 17.7 Å². The van der Waals surface area contributed by atoms with Gasteiger partial charge in [0.2, 0.25) is 13.6 Å². The second kappa shape index (κ2) is 11.4. The average molecular weight is 511 g/mol. The SMILES string of the molecule is C[C@H](Cn1cnc2c(N)ncnc21)OCP(=O)(OCOC(=O)C1CCC1)OCOC(=O)C1CCC1. The van der Waals surface area contributed by atoms with Crippen molar-refractivity contribution in [1.82, 2.24) is 19.5 Å². The number of ether oxygens (including phenoxy) is 3. The minimum absolute atomic E-state index is 0.151. The number of nitrogens with two attached hydrogens (primary N) is 1. The number of rotatable bonds is 13. The van der Waals surface area contributed by atoms with E-state index in [9.17, 15) is 14.2 Å². The van der Waals surface area contributed by atoms with Gasteiger partial charge in [-0.25, -0.2) is 15.0 Å². The predicted molar refractivity (Wildman–Crippen MR) is 122 cm³/mol. The molecule has 4 rings (SSSR count). The number of fused-ring (bicyclic) bond motifs is 1. The summed E-state index contributed by atoms with van der Waals surface area (Å²) in [7, 11) is -3.92. The minimum atomic E-state index is -3.92. The quantitative estimate of drug-likeness (QED) is 0.237. The number of esters is 2. The lowest BCUT2D eigenvalue weighted by Gasteiger charge is -2.25. The lowest BCUT2D eigenvalue weighted by Crippen LogP contribution is -2.26. The maximum Gasteiger partial charge on any atom is 0.361 e. The molecule has 14 heteroatoms. The van der Waals surface area contributed by atoms with Crippen LogP contribution in [0.4, 0.5) is 5.82 Å². The summed E-state index contributed by atoms with van der Waals surface area (Å²) in [5.41, 5.74) is 6.82. The second-order valence-corrected chi connectivity index (χ2v) is 10.7. The van der Waals surface area contributed by atoms with Crippen molar-refractivity contribution in [3.05, 3.63) is 12.7 Å². The van der Waals surface area contributed by atoms with Gasteiger partial charge in [-0.3, -0.25) is 23.2 Å². The molecule has 0 aliphatic heterocycles. The number of carbonyl (C=O) groups is 2. The van der Waals surface area contributed by atoms with Crippen molar-refractivity contribution in [2.45, 2.75) is 58.1 Å². The van der Waals surface area contributed by atoms with E-state index in [1.165, 1.54) is 6.33 Å². The van der Waals surface area contributed by atoms with E-state index < -0.39 is 45.6 Å². The van der Waals surface area contributed by atoms with E-state index in [1.54, 1.807) is 17.8 Å². The molecule has 0 saturated heterocycles. The van der Waals surface area contributed by atoms with Crippen LogP contribution in [0.3, 0.4) is 0 Å². The molecular weight excluding hydrogens is 481 g/mol. The van der Waals surface area contributed by atoms with Crippen LogP contribution in [0, 0.1) is 11.8 Å². The molecule has 13 nitrogen and oxygen atoms in total. The first-order valence-electron chi connectivity index (χ1n) is 11.6. The highest BCUT2D eigenvalue weighted by molar-refractivity contribution is 7.53. The number of imidazole rings is 1. The first-order valence-corrected chi connectivity index (χ1v) is 13.3. The van der Waals surface area contributed by atoms with Crippen molar-refractivity contribution >= 4 is 36.5 Å². The van der Waals surface area contributed by atoms with Crippen molar-refractivity contribution < 1.29 is 37.4 Å². The Labute approximate surface area is 202 Å². The van der Waals surface area contributed by atoms with Crippen molar-refractivity contribution in [3.8, 4) is 0 Å². The third kappa shape index (κ3) is 6.54. The summed E-state index contributed by atoms with van der Waals surface area (Å²) in [6.07, 6.45) is 7.02. The minimum Gasteiger partial charge on any atom is -0.438 e. The highest BCUT2D eigenvalue weighted by Gasteiger charge is 2.32. The lowest BCUT2D eigenvalue weighted by atomic mass is 9.86. The van der Waals surface area contributed by atoms with Gasteiger partial charge in [0.15, 0.2) is 11.5 Å². The molecule has 0 unspecified atom stereocenters. The highest BCUT2D eigenvalue weighted by atomic mass is 31.2. The zero-order chi connectivity index (χ0) is 24.8. The Balaban J connectivity index is 1.30. The predicted octanol–water partition coefficient (Wildman–Crippen LogP) is 2.60. The fourth-order valence-corrected chi connectivity index (χ4v) is 4.63. The first kappa shape index (κ1) is 25.5. The van der Waals surface area contributed by atoms with Gasteiger partial charge in [-0.15, -0.1) is 0 Å². The van der Waals surface area contributed by atoms with E-state index >= 15 is 0 Å². The molecule has 0 amide bonds. The Morgan fingerprint density at radius 3 is 2.20 bits per heavy atom. The molecule has 0 spiro atoms. The van der Waals surface area contributed by atoms with Crippen LogP contribution >= 0.6 is 7.60 Å². The normalized spacial score (nSPS) is 17.5. The largest absolute Gasteiger partial charge is 0.438 e. The van der Waals surface area contributed by atoms with Gasteiger partial charge in [0.1, 0.15) is 18.2 Å². The topological polar surface area (TPSA) is 167 Å². The maximum absolute atomic E-state index is 13.2. The van der Waals surface area contributed by atoms with Gasteiger partial charge in [-0.2, -0.15) is 0 Å². The summed E-state index contributed by atoms with van der Waals surface area (Å²) in [5, 5.41) is 0. The van der Waals surface area contributed by atoms with Gasteiger partial charge in [0.05, 0.1) is 30.8 Å². The van der Waals surface area contributed by atoms with Crippen LogP contribution in [-0.4, -0.2) is 57.5 Å². The van der Waals surface area contributed by atoms with Crippen molar-refractivity contribution in [2.75, 3.05) is 25.7 Å². The molecule has 0 radical (unpaired) electrons.